The SMILES string of the molecule is C/C=C1/C(=O)C(NC)=CC=C1C(F)(F)F. The van der Waals surface area contributed by atoms with Crippen LogP contribution in [-0.2, 0) is 4.79 Å². The predicted molar refractivity (Wildman–Crippen MR) is 50.0 cm³/mol. The number of likely N-dealkylation sites (N-methyl/N-ethyl adjacent to an activating group) is 1. The second kappa shape index (κ2) is 3.92. The molecule has 0 aromatic carbocycles. The highest BCUT2D eigenvalue weighted by Gasteiger charge is 2.39. The van der Waals surface area contributed by atoms with E-state index in [-0.39, 0.29) is 11.3 Å². The molecule has 0 spiro atoms. The Labute approximate surface area is 85.2 Å². The molecule has 2 nitrogen and oxygen atoms in total. The molecule has 0 atom stereocenters. The van der Waals surface area contributed by atoms with Crippen molar-refractivity contribution in [3.05, 3.63) is 35.1 Å². The van der Waals surface area contributed by atoms with E-state index < -0.39 is 17.5 Å². The fourth-order valence-corrected chi connectivity index (χ4v) is 1.33. The summed E-state index contributed by atoms with van der Waals surface area (Å²) in [5.41, 5.74) is -1.04. The number of carbonyl (C=O) groups is 1. The van der Waals surface area contributed by atoms with Crippen LogP contribution in [0.3, 0.4) is 0 Å². The fraction of sp³-hybridized carbons (Fsp3) is 0.300. The summed E-state index contributed by atoms with van der Waals surface area (Å²) in [4.78, 5) is 11.5. The van der Waals surface area contributed by atoms with Gasteiger partial charge in [-0.1, -0.05) is 6.08 Å². The van der Waals surface area contributed by atoms with Gasteiger partial charge in [-0.2, -0.15) is 13.2 Å². The number of allylic oxidation sites excluding steroid dienone is 5. The van der Waals surface area contributed by atoms with Crippen LogP contribution in [0, 0.1) is 0 Å². The number of nitrogens with one attached hydrogen (secondary N) is 1. The first-order valence-corrected chi connectivity index (χ1v) is 4.30. The standard InChI is InChI=1S/C10H10F3NO/c1-3-6-7(10(11,12)13)4-5-8(14-2)9(6)15/h3-5,14H,1-2H3/b6-3+. The van der Waals surface area contributed by atoms with Gasteiger partial charge in [0.25, 0.3) is 0 Å². The Hall–Kier alpha value is -1.52. The number of hydrogen-bond donors (Lipinski definition) is 1. The summed E-state index contributed by atoms with van der Waals surface area (Å²) in [5, 5.41) is 2.55. The molecule has 0 bridgehead atoms. The van der Waals surface area contributed by atoms with Crippen molar-refractivity contribution < 1.29 is 18.0 Å². The van der Waals surface area contributed by atoms with Crippen molar-refractivity contribution in [2.45, 2.75) is 13.1 Å². The molecule has 5 heteroatoms. The van der Waals surface area contributed by atoms with Gasteiger partial charge in [-0.15, -0.1) is 0 Å². The Morgan fingerprint density at radius 1 is 1.33 bits per heavy atom. The Bertz CT molecular complexity index is 375. The lowest BCUT2D eigenvalue weighted by atomic mass is 9.94. The van der Waals surface area contributed by atoms with Gasteiger partial charge in [-0.25, -0.2) is 0 Å². The Morgan fingerprint density at radius 2 is 1.93 bits per heavy atom. The highest BCUT2D eigenvalue weighted by atomic mass is 19.4. The van der Waals surface area contributed by atoms with Crippen molar-refractivity contribution in [1.29, 1.82) is 0 Å². The third-order valence-electron chi connectivity index (χ3n) is 2.06. The van der Waals surface area contributed by atoms with E-state index in [2.05, 4.69) is 5.32 Å². The smallest absolute Gasteiger partial charge is 0.385 e. The van der Waals surface area contributed by atoms with Gasteiger partial charge < -0.3 is 5.32 Å². The average molecular weight is 217 g/mol. The van der Waals surface area contributed by atoms with E-state index in [1.54, 1.807) is 0 Å². The van der Waals surface area contributed by atoms with Crippen molar-refractivity contribution >= 4 is 5.78 Å². The van der Waals surface area contributed by atoms with E-state index in [9.17, 15) is 18.0 Å². The van der Waals surface area contributed by atoms with Crippen molar-refractivity contribution in [1.82, 2.24) is 5.32 Å². The van der Waals surface area contributed by atoms with Crippen molar-refractivity contribution in [2.75, 3.05) is 7.05 Å². The maximum absolute atomic E-state index is 12.5. The van der Waals surface area contributed by atoms with Crippen LogP contribution < -0.4 is 5.32 Å². The molecule has 0 aliphatic heterocycles. The molecule has 1 aliphatic rings. The normalized spacial score (nSPS) is 20.1. The second-order valence-electron chi connectivity index (χ2n) is 2.94. The minimum Gasteiger partial charge on any atom is -0.385 e. The minimum absolute atomic E-state index is 0.163. The molecule has 0 radical (unpaired) electrons. The molecule has 1 N–H and O–H groups in total. The lowest BCUT2D eigenvalue weighted by Gasteiger charge is -2.18. The van der Waals surface area contributed by atoms with Crippen molar-refractivity contribution in [3.63, 3.8) is 0 Å². The Balaban J connectivity index is 3.24. The zero-order valence-electron chi connectivity index (χ0n) is 8.27. The topological polar surface area (TPSA) is 29.1 Å². The highest BCUT2D eigenvalue weighted by molar-refractivity contribution is 6.12. The maximum atomic E-state index is 12.5. The van der Waals surface area contributed by atoms with Crippen molar-refractivity contribution in [2.24, 2.45) is 0 Å². The van der Waals surface area contributed by atoms with Crippen LogP contribution in [0.4, 0.5) is 13.2 Å². The number of carbonyl (C=O) groups excluding carboxylic acids is 1. The maximum Gasteiger partial charge on any atom is 0.417 e. The number of ketones is 1. The van der Waals surface area contributed by atoms with E-state index >= 15 is 0 Å². The monoisotopic (exact) mass is 217 g/mol. The van der Waals surface area contributed by atoms with Crippen LogP contribution >= 0.6 is 0 Å². The van der Waals surface area contributed by atoms with Crippen LogP contribution in [0.2, 0.25) is 0 Å². The van der Waals surface area contributed by atoms with E-state index in [0.717, 1.165) is 12.2 Å². The number of rotatable bonds is 1. The third-order valence-corrected chi connectivity index (χ3v) is 2.06. The number of hydrogen-bond acceptors (Lipinski definition) is 2. The number of halogens is 3. The fourth-order valence-electron chi connectivity index (χ4n) is 1.33. The number of Topliss-reactive ketones (excluding diaryl/α,β-unsaturated/α-hetero) is 1. The minimum atomic E-state index is -4.49. The molecule has 1 rings (SSSR count). The van der Waals surface area contributed by atoms with Crippen LogP contribution in [-0.4, -0.2) is 19.0 Å². The van der Waals surface area contributed by atoms with Gasteiger partial charge in [0.2, 0.25) is 5.78 Å². The summed E-state index contributed by atoms with van der Waals surface area (Å²) in [6, 6.07) is 0. The zero-order valence-corrected chi connectivity index (χ0v) is 8.27. The second-order valence-corrected chi connectivity index (χ2v) is 2.94. The molecular formula is C10H10F3NO. The van der Waals surface area contributed by atoms with E-state index in [1.807, 2.05) is 0 Å². The van der Waals surface area contributed by atoms with Crippen LogP contribution in [0.15, 0.2) is 35.1 Å². The lowest BCUT2D eigenvalue weighted by Crippen LogP contribution is -2.26. The van der Waals surface area contributed by atoms with Crippen LogP contribution in [0.25, 0.3) is 0 Å². The average Bonchev–Trinajstić information content (AvgIpc) is 2.15. The Kier molecular flexibility index (Phi) is 3.02. The summed E-state index contributed by atoms with van der Waals surface area (Å²) in [6.45, 7) is 1.41. The van der Waals surface area contributed by atoms with Gasteiger partial charge in [-0.05, 0) is 19.1 Å². The molecule has 15 heavy (non-hydrogen) atoms. The van der Waals surface area contributed by atoms with Gasteiger partial charge in [0.05, 0.1) is 11.3 Å². The zero-order chi connectivity index (χ0) is 11.6. The van der Waals surface area contributed by atoms with Gasteiger partial charge in [-0.3, -0.25) is 4.79 Å². The van der Waals surface area contributed by atoms with Gasteiger partial charge >= 0.3 is 6.18 Å². The van der Waals surface area contributed by atoms with E-state index in [1.165, 1.54) is 20.0 Å². The Morgan fingerprint density at radius 3 is 2.33 bits per heavy atom. The summed E-state index contributed by atoms with van der Waals surface area (Å²) in [5.74, 6) is -0.630. The van der Waals surface area contributed by atoms with Gasteiger partial charge in [0.15, 0.2) is 0 Å². The number of alkyl halides is 3. The quantitative estimate of drug-likeness (QED) is 0.681. The molecule has 0 amide bonds. The molecular weight excluding hydrogens is 207 g/mol. The summed E-state index contributed by atoms with van der Waals surface area (Å²) >= 11 is 0. The van der Waals surface area contributed by atoms with Gasteiger partial charge in [0, 0.05) is 12.6 Å². The molecule has 0 fully saturated rings. The molecule has 0 heterocycles. The van der Waals surface area contributed by atoms with Gasteiger partial charge in [0.1, 0.15) is 0 Å². The van der Waals surface area contributed by atoms with Crippen LogP contribution in [0.1, 0.15) is 6.92 Å². The predicted octanol–water partition coefficient (Wildman–Crippen LogP) is 2.11. The lowest BCUT2D eigenvalue weighted by molar-refractivity contribution is -0.115. The third kappa shape index (κ3) is 2.11. The summed E-state index contributed by atoms with van der Waals surface area (Å²) in [7, 11) is 1.49. The summed E-state index contributed by atoms with van der Waals surface area (Å²) < 4.78 is 37.4. The molecule has 0 unspecified atom stereocenters. The van der Waals surface area contributed by atoms with Crippen molar-refractivity contribution in [3.8, 4) is 0 Å². The first kappa shape index (κ1) is 11.6. The van der Waals surface area contributed by atoms with Crippen LogP contribution in [0.5, 0.6) is 0 Å². The molecule has 0 aromatic heterocycles. The largest absolute Gasteiger partial charge is 0.417 e. The molecule has 0 aromatic rings. The summed E-state index contributed by atoms with van der Waals surface area (Å²) in [6.07, 6.45) is -1.28. The molecule has 0 saturated heterocycles. The first-order valence-electron chi connectivity index (χ1n) is 4.30. The van der Waals surface area contributed by atoms with E-state index in [4.69, 9.17) is 0 Å². The molecule has 0 saturated carbocycles. The molecule has 1 aliphatic carbocycles. The van der Waals surface area contributed by atoms with E-state index in [0.29, 0.717) is 0 Å². The molecule has 82 valence electrons. The first-order chi connectivity index (χ1) is 6.91. The highest BCUT2D eigenvalue weighted by Crippen LogP contribution is 2.34.